The molecule has 1 amide bonds. The first-order valence-corrected chi connectivity index (χ1v) is 11.5. The summed E-state index contributed by atoms with van der Waals surface area (Å²) in [5.41, 5.74) is 3.66. The summed E-state index contributed by atoms with van der Waals surface area (Å²) >= 11 is 0. The van der Waals surface area contributed by atoms with Gasteiger partial charge in [0.15, 0.2) is 0 Å². The molecular formula is C26H26N8O. The fourth-order valence-electron chi connectivity index (χ4n) is 4.14. The van der Waals surface area contributed by atoms with Crippen LogP contribution in [0.1, 0.15) is 23.0 Å². The van der Waals surface area contributed by atoms with E-state index in [4.69, 9.17) is 0 Å². The van der Waals surface area contributed by atoms with Crippen molar-refractivity contribution >= 4 is 23.4 Å². The zero-order valence-electron chi connectivity index (χ0n) is 19.7. The highest BCUT2D eigenvalue weighted by Crippen LogP contribution is 2.21. The number of pyridine rings is 3. The van der Waals surface area contributed by atoms with Crippen LogP contribution < -0.4 is 15.1 Å². The van der Waals surface area contributed by atoms with Gasteiger partial charge in [-0.05, 0) is 50.2 Å². The van der Waals surface area contributed by atoms with Crippen LogP contribution in [0.15, 0.2) is 73.4 Å². The number of hydrogen-bond donors (Lipinski definition) is 1. The Morgan fingerprint density at radius 1 is 0.943 bits per heavy atom. The molecule has 176 valence electrons. The number of nitrogens with one attached hydrogen (secondary N) is 1. The number of rotatable bonds is 5. The zero-order valence-corrected chi connectivity index (χ0v) is 19.7. The van der Waals surface area contributed by atoms with Crippen molar-refractivity contribution in [2.24, 2.45) is 0 Å². The number of aromatic nitrogens is 5. The molecule has 1 aliphatic rings. The van der Waals surface area contributed by atoms with Crippen LogP contribution in [0.2, 0.25) is 0 Å². The Morgan fingerprint density at radius 2 is 1.80 bits per heavy atom. The molecule has 1 fully saturated rings. The van der Waals surface area contributed by atoms with Gasteiger partial charge in [0.05, 0.1) is 29.3 Å². The van der Waals surface area contributed by atoms with Gasteiger partial charge < -0.3 is 15.1 Å². The molecule has 4 aromatic heterocycles. The highest BCUT2D eigenvalue weighted by atomic mass is 16.1. The number of anilines is 3. The Hall–Kier alpha value is -4.40. The number of nitrogens with zero attached hydrogens (tertiary/aromatic N) is 7. The average Bonchev–Trinajstić information content (AvgIpc) is 2.90. The molecule has 0 radical (unpaired) electrons. The van der Waals surface area contributed by atoms with Crippen molar-refractivity contribution in [3.8, 4) is 11.3 Å². The predicted octanol–water partition coefficient (Wildman–Crippen LogP) is 3.60. The lowest BCUT2D eigenvalue weighted by Gasteiger charge is -2.40. The smallest absolute Gasteiger partial charge is 0.257 e. The molecule has 4 aromatic rings. The molecule has 1 aliphatic heterocycles. The fourth-order valence-corrected chi connectivity index (χ4v) is 4.14. The molecule has 0 bridgehead atoms. The Morgan fingerprint density at radius 3 is 2.49 bits per heavy atom. The standard InChI is InChI=1S/C26H26N8O/c1-18-13-20(8-10-27-18)23-7-6-21(14-29-23)25(35)32-22-15-30-26(31-16-22)34-12-11-33(17-19(34)2)24-5-3-4-9-28-24/h3-10,13-16,19H,11-12,17H2,1-2H3,(H,32,35)/t19-/m0/s1. The van der Waals surface area contributed by atoms with E-state index in [9.17, 15) is 4.79 Å². The summed E-state index contributed by atoms with van der Waals surface area (Å²) in [6.45, 7) is 6.55. The van der Waals surface area contributed by atoms with Crippen LogP contribution in [-0.2, 0) is 0 Å². The lowest BCUT2D eigenvalue weighted by atomic mass is 10.1. The minimum atomic E-state index is -0.261. The number of carbonyl (C=O) groups excluding carboxylic acids is 1. The summed E-state index contributed by atoms with van der Waals surface area (Å²) in [4.78, 5) is 39.2. The van der Waals surface area contributed by atoms with E-state index in [1.54, 1.807) is 30.9 Å². The van der Waals surface area contributed by atoms with Crippen molar-refractivity contribution in [3.05, 3.63) is 84.7 Å². The summed E-state index contributed by atoms with van der Waals surface area (Å²) < 4.78 is 0. The largest absolute Gasteiger partial charge is 0.353 e. The summed E-state index contributed by atoms with van der Waals surface area (Å²) in [6.07, 6.45) is 8.41. The summed E-state index contributed by atoms with van der Waals surface area (Å²) in [5, 5.41) is 2.85. The number of amides is 1. The van der Waals surface area contributed by atoms with Crippen LogP contribution in [0.3, 0.4) is 0 Å². The van der Waals surface area contributed by atoms with Crippen molar-refractivity contribution in [2.45, 2.75) is 19.9 Å². The van der Waals surface area contributed by atoms with E-state index in [0.717, 1.165) is 42.4 Å². The second kappa shape index (κ2) is 9.84. The molecule has 5 heterocycles. The second-order valence-electron chi connectivity index (χ2n) is 8.52. The Labute approximate surface area is 203 Å². The number of aryl methyl sites for hydroxylation is 1. The minimum Gasteiger partial charge on any atom is -0.353 e. The van der Waals surface area contributed by atoms with Crippen LogP contribution in [0.5, 0.6) is 0 Å². The highest BCUT2D eigenvalue weighted by molar-refractivity contribution is 6.04. The van der Waals surface area contributed by atoms with Gasteiger partial charge in [-0.15, -0.1) is 0 Å². The SMILES string of the molecule is Cc1cc(-c2ccc(C(=O)Nc3cnc(N4CCN(c5ccccn5)C[C@@H]4C)nc3)cn2)ccn1. The Bertz CT molecular complexity index is 1300. The van der Waals surface area contributed by atoms with E-state index in [1.165, 1.54) is 0 Å². The molecule has 0 spiro atoms. The molecular weight excluding hydrogens is 440 g/mol. The fraction of sp³-hybridized carbons (Fsp3) is 0.231. The van der Waals surface area contributed by atoms with Crippen molar-refractivity contribution in [1.82, 2.24) is 24.9 Å². The quantitative estimate of drug-likeness (QED) is 0.476. The highest BCUT2D eigenvalue weighted by Gasteiger charge is 2.26. The molecule has 0 unspecified atom stereocenters. The van der Waals surface area contributed by atoms with Crippen molar-refractivity contribution < 1.29 is 4.79 Å². The molecule has 0 saturated carbocycles. The zero-order chi connectivity index (χ0) is 24.2. The molecule has 1 atom stereocenters. The molecule has 0 aromatic carbocycles. The predicted molar refractivity (Wildman–Crippen MR) is 135 cm³/mol. The van der Waals surface area contributed by atoms with E-state index in [1.807, 2.05) is 49.5 Å². The molecule has 9 heteroatoms. The van der Waals surface area contributed by atoms with E-state index in [2.05, 4.69) is 47.0 Å². The van der Waals surface area contributed by atoms with Crippen molar-refractivity contribution in [2.75, 3.05) is 34.8 Å². The van der Waals surface area contributed by atoms with Gasteiger partial charge in [0.25, 0.3) is 5.91 Å². The van der Waals surface area contributed by atoms with E-state index in [0.29, 0.717) is 17.2 Å². The third-order valence-corrected chi connectivity index (χ3v) is 5.97. The van der Waals surface area contributed by atoms with Crippen LogP contribution in [0, 0.1) is 6.92 Å². The van der Waals surface area contributed by atoms with Gasteiger partial charge >= 0.3 is 0 Å². The second-order valence-corrected chi connectivity index (χ2v) is 8.52. The van der Waals surface area contributed by atoms with Crippen LogP contribution in [0.25, 0.3) is 11.3 Å². The molecule has 1 saturated heterocycles. The summed E-state index contributed by atoms with van der Waals surface area (Å²) in [7, 11) is 0. The van der Waals surface area contributed by atoms with Crippen molar-refractivity contribution in [1.29, 1.82) is 0 Å². The lowest BCUT2D eigenvalue weighted by molar-refractivity contribution is 0.102. The first kappa shape index (κ1) is 22.4. The van der Waals surface area contributed by atoms with Gasteiger partial charge in [0, 0.05) is 55.5 Å². The van der Waals surface area contributed by atoms with Crippen LogP contribution >= 0.6 is 0 Å². The normalized spacial score (nSPS) is 15.7. The van der Waals surface area contributed by atoms with Gasteiger partial charge in [-0.3, -0.25) is 14.8 Å². The first-order chi connectivity index (χ1) is 17.1. The van der Waals surface area contributed by atoms with E-state index in [-0.39, 0.29) is 11.9 Å². The van der Waals surface area contributed by atoms with Gasteiger partial charge in [0.1, 0.15) is 5.82 Å². The molecule has 5 rings (SSSR count). The minimum absolute atomic E-state index is 0.222. The van der Waals surface area contributed by atoms with Gasteiger partial charge in [-0.2, -0.15) is 0 Å². The Kier molecular flexibility index (Phi) is 6.30. The van der Waals surface area contributed by atoms with Gasteiger partial charge in [-0.1, -0.05) is 6.07 Å². The third-order valence-electron chi connectivity index (χ3n) is 5.97. The third kappa shape index (κ3) is 5.08. The lowest BCUT2D eigenvalue weighted by Crippen LogP contribution is -2.53. The number of carbonyl (C=O) groups is 1. The molecule has 35 heavy (non-hydrogen) atoms. The van der Waals surface area contributed by atoms with Crippen LogP contribution in [-0.4, -0.2) is 56.5 Å². The van der Waals surface area contributed by atoms with Gasteiger partial charge in [0.2, 0.25) is 5.95 Å². The average molecular weight is 467 g/mol. The molecule has 0 aliphatic carbocycles. The van der Waals surface area contributed by atoms with Gasteiger partial charge in [-0.25, -0.2) is 15.0 Å². The molecule has 9 nitrogen and oxygen atoms in total. The Balaban J connectivity index is 1.20. The van der Waals surface area contributed by atoms with Crippen molar-refractivity contribution in [3.63, 3.8) is 0 Å². The maximum Gasteiger partial charge on any atom is 0.257 e. The van der Waals surface area contributed by atoms with Crippen LogP contribution in [0.4, 0.5) is 17.5 Å². The van der Waals surface area contributed by atoms with E-state index < -0.39 is 0 Å². The first-order valence-electron chi connectivity index (χ1n) is 11.5. The molecule has 1 N–H and O–H groups in total. The number of hydrogen-bond acceptors (Lipinski definition) is 8. The summed E-state index contributed by atoms with van der Waals surface area (Å²) in [5.74, 6) is 1.37. The summed E-state index contributed by atoms with van der Waals surface area (Å²) in [6, 6.07) is 13.6. The monoisotopic (exact) mass is 466 g/mol. The maximum absolute atomic E-state index is 12.7. The maximum atomic E-state index is 12.7. The van der Waals surface area contributed by atoms with E-state index >= 15 is 0 Å². The topological polar surface area (TPSA) is 100 Å². The number of piperazine rings is 1.